The van der Waals surface area contributed by atoms with Crippen LogP contribution in [0.15, 0.2) is 42.5 Å². The van der Waals surface area contributed by atoms with Crippen LogP contribution in [0.1, 0.15) is 28.2 Å². The van der Waals surface area contributed by atoms with E-state index < -0.39 is 0 Å². The fraction of sp³-hybridized carbons (Fsp3) is 0.250. The fourth-order valence-corrected chi connectivity index (χ4v) is 2.31. The molecule has 0 fully saturated rings. The molecule has 0 heterocycles. The van der Waals surface area contributed by atoms with E-state index >= 15 is 0 Å². The van der Waals surface area contributed by atoms with Gasteiger partial charge in [0.15, 0.2) is 0 Å². The van der Waals surface area contributed by atoms with Crippen molar-refractivity contribution in [3.63, 3.8) is 0 Å². The smallest absolute Gasteiger partial charge is 0.127 e. The summed E-state index contributed by atoms with van der Waals surface area (Å²) in [5, 5.41) is 0. The number of aryl methyl sites for hydroxylation is 2. The zero-order chi connectivity index (χ0) is 13.1. The second kappa shape index (κ2) is 5.32. The van der Waals surface area contributed by atoms with Gasteiger partial charge in [-0.2, -0.15) is 0 Å². The first kappa shape index (κ1) is 12.8. The highest BCUT2D eigenvalue weighted by Crippen LogP contribution is 2.28. The van der Waals surface area contributed by atoms with Crippen LogP contribution in [0.3, 0.4) is 0 Å². The van der Waals surface area contributed by atoms with Crippen molar-refractivity contribution in [2.24, 2.45) is 5.73 Å². The molecule has 0 radical (unpaired) electrons. The minimum Gasteiger partial charge on any atom is -0.330 e. The van der Waals surface area contributed by atoms with Crippen molar-refractivity contribution >= 4 is 0 Å². The molecule has 2 heteroatoms. The van der Waals surface area contributed by atoms with Crippen LogP contribution in [-0.2, 0) is 0 Å². The van der Waals surface area contributed by atoms with Gasteiger partial charge >= 0.3 is 0 Å². The third-order valence-corrected chi connectivity index (χ3v) is 3.33. The Morgan fingerprint density at radius 1 is 1.06 bits per heavy atom. The molecule has 2 rings (SSSR count). The SMILES string of the molecule is Cc1ccc(C)c(C(CN)c2ccccc2F)c1. The third kappa shape index (κ3) is 2.44. The Morgan fingerprint density at radius 2 is 1.78 bits per heavy atom. The van der Waals surface area contributed by atoms with E-state index in [1.165, 1.54) is 11.6 Å². The summed E-state index contributed by atoms with van der Waals surface area (Å²) in [6.07, 6.45) is 0. The van der Waals surface area contributed by atoms with Crippen LogP contribution >= 0.6 is 0 Å². The lowest BCUT2D eigenvalue weighted by atomic mass is 9.87. The van der Waals surface area contributed by atoms with E-state index in [0.29, 0.717) is 12.1 Å². The van der Waals surface area contributed by atoms with E-state index in [-0.39, 0.29) is 11.7 Å². The van der Waals surface area contributed by atoms with Gasteiger partial charge in [0.2, 0.25) is 0 Å². The van der Waals surface area contributed by atoms with E-state index in [1.54, 1.807) is 6.07 Å². The summed E-state index contributed by atoms with van der Waals surface area (Å²) in [4.78, 5) is 0. The van der Waals surface area contributed by atoms with E-state index in [1.807, 2.05) is 26.0 Å². The highest BCUT2D eigenvalue weighted by molar-refractivity contribution is 5.40. The minimum atomic E-state index is -0.186. The topological polar surface area (TPSA) is 26.0 Å². The predicted molar refractivity (Wildman–Crippen MR) is 73.2 cm³/mol. The van der Waals surface area contributed by atoms with Crippen molar-refractivity contribution in [2.45, 2.75) is 19.8 Å². The van der Waals surface area contributed by atoms with E-state index in [0.717, 1.165) is 11.1 Å². The average molecular weight is 243 g/mol. The van der Waals surface area contributed by atoms with Gasteiger partial charge in [0, 0.05) is 12.5 Å². The molecule has 94 valence electrons. The van der Waals surface area contributed by atoms with Crippen molar-refractivity contribution in [2.75, 3.05) is 6.54 Å². The quantitative estimate of drug-likeness (QED) is 0.876. The fourth-order valence-electron chi connectivity index (χ4n) is 2.31. The Balaban J connectivity index is 2.52. The highest BCUT2D eigenvalue weighted by Gasteiger charge is 2.17. The molecular formula is C16H18FN. The first-order valence-electron chi connectivity index (χ1n) is 6.15. The Labute approximate surface area is 107 Å². The maximum atomic E-state index is 13.9. The standard InChI is InChI=1S/C16H18FN/c1-11-7-8-12(2)14(9-11)15(10-18)13-5-3-4-6-16(13)17/h3-9,15H,10,18H2,1-2H3. The van der Waals surface area contributed by atoms with Crippen LogP contribution < -0.4 is 5.73 Å². The molecule has 2 N–H and O–H groups in total. The van der Waals surface area contributed by atoms with Gasteiger partial charge in [-0.25, -0.2) is 4.39 Å². The molecule has 0 aliphatic rings. The van der Waals surface area contributed by atoms with Gasteiger partial charge in [0.1, 0.15) is 5.82 Å². The van der Waals surface area contributed by atoms with Gasteiger partial charge in [-0.3, -0.25) is 0 Å². The van der Waals surface area contributed by atoms with Crippen LogP contribution in [0.25, 0.3) is 0 Å². The van der Waals surface area contributed by atoms with Crippen molar-refractivity contribution in [1.82, 2.24) is 0 Å². The van der Waals surface area contributed by atoms with Crippen molar-refractivity contribution in [3.8, 4) is 0 Å². The Hall–Kier alpha value is -1.67. The molecule has 0 aromatic heterocycles. The summed E-state index contributed by atoms with van der Waals surface area (Å²) >= 11 is 0. The molecule has 0 amide bonds. The maximum Gasteiger partial charge on any atom is 0.127 e. The first-order valence-corrected chi connectivity index (χ1v) is 6.15. The number of hydrogen-bond donors (Lipinski definition) is 1. The number of rotatable bonds is 3. The molecule has 0 saturated heterocycles. The molecule has 1 unspecified atom stereocenters. The van der Waals surface area contributed by atoms with E-state index in [2.05, 4.69) is 18.2 Å². The van der Waals surface area contributed by atoms with Gasteiger partial charge in [-0.15, -0.1) is 0 Å². The van der Waals surface area contributed by atoms with Crippen LogP contribution in [-0.4, -0.2) is 6.54 Å². The lowest BCUT2D eigenvalue weighted by Gasteiger charge is -2.19. The zero-order valence-electron chi connectivity index (χ0n) is 10.8. The summed E-state index contributed by atoms with van der Waals surface area (Å²) < 4.78 is 13.9. The molecule has 1 atom stereocenters. The van der Waals surface area contributed by atoms with Crippen molar-refractivity contribution in [3.05, 3.63) is 70.5 Å². The first-order chi connectivity index (χ1) is 8.63. The summed E-state index contributed by atoms with van der Waals surface area (Å²) in [7, 11) is 0. The van der Waals surface area contributed by atoms with E-state index in [9.17, 15) is 4.39 Å². The molecule has 0 spiro atoms. The molecule has 2 aromatic rings. The Kier molecular flexibility index (Phi) is 3.78. The predicted octanol–water partition coefficient (Wildman–Crippen LogP) is 3.53. The Morgan fingerprint density at radius 3 is 2.44 bits per heavy atom. The number of halogens is 1. The lowest BCUT2D eigenvalue weighted by Crippen LogP contribution is -2.16. The minimum absolute atomic E-state index is 0.0777. The Bertz CT molecular complexity index is 549. The average Bonchev–Trinajstić information content (AvgIpc) is 2.36. The molecule has 2 aromatic carbocycles. The summed E-state index contributed by atoms with van der Waals surface area (Å²) in [6, 6.07) is 13.1. The summed E-state index contributed by atoms with van der Waals surface area (Å²) in [5.74, 6) is -0.264. The third-order valence-electron chi connectivity index (χ3n) is 3.33. The number of hydrogen-bond acceptors (Lipinski definition) is 1. The van der Waals surface area contributed by atoms with Gasteiger partial charge in [-0.1, -0.05) is 42.0 Å². The second-order valence-electron chi connectivity index (χ2n) is 4.67. The van der Waals surface area contributed by atoms with Crippen LogP contribution in [0.5, 0.6) is 0 Å². The second-order valence-corrected chi connectivity index (χ2v) is 4.67. The van der Waals surface area contributed by atoms with Crippen molar-refractivity contribution in [1.29, 1.82) is 0 Å². The van der Waals surface area contributed by atoms with Gasteiger partial charge < -0.3 is 5.73 Å². The molecule has 0 bridgehead atoms. The highest BCUT2D eigenvalue weighted by atomic mass is 19.1. The zero-order valence-corrected chi connectivity index (χ0v) is 10.8. The van der Waals surface area contributed by atoms with Crippen molar-refractivity contribution < 1.29 is 4.39 Å². The van der Waals surface area contributed by atoms with Crippen LogP contribution in [0, 0.1) is 19.7 Å². The van der Waals surface area contributed by atoms with Crippen LogP contribution in [0.2, 0.25) is 0 Å². The largest absolute Gasteiger partial charge is 0.330 e. The number of nitrogens with two attached hydrogens (primary N) is 1. The van der Waals surface area contributed by atoms with Gasteiger partial charge in [0.25, 0.3) is 0 Å². The molecule has 18 heavy (non-hydrogen) atoms. The number of benzene rings is 2. The van der Waals surface area contributed by atoms with Crippen LogP contribution in [0.4, 0.5) is 4.39 Å². The summed E-state index contributed by atoms with van der Waals surface area (Å²) in [5.41, 5.74) is 9.97. The monoisotopic (exact) mass is 243 g/mol. The molecule has 0 aliphatic heterocycles. The van der Waals surface area contributed by atoms with E-state index in [4.69, 9.17) is 5.73 Å². The van der Waals surface area contributed by atoms with Gasteiger partial charge in [0.05, 0.1) is 0 Å². The summed E-state index contributed by atoms with van der Waals surface area (Å²) in [6.45, 7) is 4.49. The lowest BCUT2D eigenvalue weighted by molar-refractivity contribution is 0.597. The van der Waals surface area contributed by atoms with Gasteiger partial charge in [-0.05, 0) is 36.6 Å². The molecule has 0 aliphatic carbocycles. The molecule has 1 nitrogen and oxygen atoms in total. The maximum absolute atomic E-state index is 13.9. The molecular weight excluding hydrogens is 225 g/mol. The molecule has 0 saturated carbocycles. The normalized spacial score (nSPS) is 12.4.